The highest BCUT2D eigenvalue weighted by Gasteiger charge is 2.22. The molecule has 0 radical (unpaired) electrons. The van der Waals surface area contributed by atoms with Crippen molar-refractivity contribution in [2.45, 2.75) is 38.8 Å². The van der Waals surface area contributed by atoms with Crippen molar-refractivity contribution in [1.29, 1.82) is 0 Å². The van der Waals surface area contributed by atoms with Crippen molar-refractivity contribution in [3.63, 3.8) is 0 Å². The quantitative estimate of drug-likeness (QED) is 0.773. The Hall–Kier alpha value is -1.13. The van der Waals surface area contributed by atoms with Crippen LogP contribution in [-0.4, -0.2) is 49.7 Å². The van der Waals surface area contributed by atoms with Gasteiger partial charge in [0, 0.05) is 32.4 Å². The van der Waals surface area contributed by atoms with Gasteiger partial charge in [-0.05, 0) is 51.0 Å². The summed E-state index contributed by atoms with van der Waals surface area (Å²) in [6.07, 6.45) is 5.79. The van der Waals surface area contributed by atoms with Gasteiger partial charge in [0.05, 0.1) is 0 Å². The number of nitrogens with zero attached hydrogens (tertiary/aromatic N) is 3. The first-order chi connectivity index (χ1) is 9.70. The van der Waals surface area contributed by atoms with Crippen LogP contribution >= 0.6 is 0 Å². The molecule has 0 aromatic carbocycles. The second kappa shape index (κ2) is 7.60. The Kier molecular flexibility index (Phi) is 5.80. The number of aromatic nitrogens is 1. The van der Waals surface area contributed by atoms with E-state index in [1.54, 1.807) is 0 Å². The van der Waals surface area contributed by atoms with E-state index < -0.39 is 0 Å². The third-order valence-corrected chi connectivity index (χ3v) is 4.11. The zero-order valence-corrected chi connectivity index (χ0v) is 13.1. The highest BCUT2D eigenvalue weighted by Crippen LogP contribution is 2.18. The molecule has 0 aliphatic carbocycles. The minimum Gasteiger partial charge on any atom is -0.358 e. The fourth-order valence-corrected chi connectivity index (χ4v) is 2.78. The Morgan fingerprint density at radius 1 is 1.45 bits per heavy atom. The molecule has 0 amide bonds. The summed E-state index contributed by atoms with van der Waals surface area (Å²) < 4.78 is 0. The average molecular weight is 276 g/mol. The molecule has 1 fully saturated rings. The number of likely N-dealkylation sites (tertiary alicyclic amines) is 1. The zero-order chi connectivity index (χ0) is 14.4. The molecule has 4 heteroatoms. The number of anilines is 1. The summed E-state index contributed by atoms with van der Waals surface area (Å²) in [6.45, 7) is 6.46. The fraction of sp³-hybridized carbons (Fsp3) is 0.688. The van der Waals surface area contributed by atoms with Gasteiger partial charge in [0.2, 0.25) is 0 Å². The smallest absolute Gasteiger partial charge is 0.128 e. The first-order valence-electron chi connectivity index (χ1n) is 7.77. The van der Waals surface area contributed by atoms with Crippen LogP contribution in [0.25, 0.3) is 0 Å². The molecule has 4 nitrogen and oxygen atoms in total. The summed E-state index contributed by atoms with van der Waals surface area (Å²) >= 11 is 0. The van der Waals surface area contributed by atoms with Crippen LogP contribution in [0, 0.1) is 0 Å². The molecule has 1 unspecified atom stereocenters. The Balaban J connectivity index is 1.85. The fourth-order valence-electron chi connectivity index (χ4n) is 2.78. The standard InChI is InChI=1S/C16H28N4/c1-4-9-17-11-14-7-8-16(18-12-14)20(3)13-15-6-5-10-19(15)2/h7-8,12,15,17H,4-6,9-11,13H2,1-3H3. The number of hydrogen-bond acceptors (Lipinski definition) is 4. The lowest BCUT2D eigenvalue weighted by Gasteiger charge is -2.26. The molecular formula is C16H28N4. The number of likely N-dealkylation sites (N-methyl/N-ethyl adjacent to an activating group) is 2. The van der Waals surface area contributed by atoms with Gasteiger partial charge in [0.25, 0.3) is 0 Å². The lowest BCUT2D eigenvalue weighted by atomic mass is 10.2. The van der Waals surface area contributed by atoms with E-state index in [1.165, 1.54) is 31.4 Å². The lowest BCUT2D eigenvalue weighted by molar-refractivity contribution is 0.314. The van der Waals surface area contributed by atoms with Gasteiger partial charge in [-0.2, -0.15) is 0 Å². The molecule has 1 aliphatic rings. The third-order valence-electron chi connectivity index (χ3n) is 4.11. The Morgan fingerprint density at radius 3 is 2.90 bits per heavy atom. The summed E-state index contributed by atoms with van der Waals surface area (Å²) in [7, 11) is 4.37. The first-order valence-corrected chi connectivity index (χ1v) is 7.77. The van der Waals surface area contributed by atoms with E-state index >= 15 is 0 Å². The molecule has 1 aromatic heterocycles. The Labute approximate surface area is 123 Å². The van der Waals surface area contributed by atoms with Crippen LogP contribution in [0.15, 0.2) is 18.3 Å². The van der Waals surface area contributed by atoms with E-state index in [4.69, 9.17) is 0 Å². The van der Waals surface area contributed by atoms with Crippen molar-refractivity contribution in [2.24, 2.45) is 0 Å². The first kappa shape index (κ1) is 15.3. The minimum atomic E-state index is 0.674. The highest BCUT2D eigenvalue weighted by atomic mass is 15.2. The maximum Gasteiger partial charge on any atom is 0.128 e. The normalized spacial score (nSPS) is 19.4. The van der Waals surface area contributed by atoms with Gasteiger partial charge in [-0.3, -0.25) is 0 Å². The van der Waals surface area contributed by atoms with Gasteiger partial charge >= 0.3 is 0 Å². The van der Waals surface area contributed by atoms with Crippen molar-refractivity contribution < 1.29 is 0 Å². The Bertz CT molecular complexity index is 390. The summed E-state index contributed by atoms with van der Waals surface area (Å²) in [5, 5.41) is 3.40. The van der Waals surface area contributed by atoms with Crippen molar-refractivity contribution in [3.05, 3.63) is 23.9 Å². The molecular weight excluding hydrogens is 248 g/mol. The van der Waals surface area contributed by atoms with E-state index in [0.717, 1.165) is 25.5 Å². The van der Waals surface area contributed by atoms with Crippen molar-refractivity contribution in [3.8, 4) is 0 Å². The molecule has 1 aliphatic heterocycles. The van der Waals surface area contributed by atoms with E-state index in [1.807, 2.05) is 6.20 Å². The van der Waals surface area contributed by atoms with Crippen LogP contribution in [0.3, 0.4) is 0 Å². The number of hydrogen-bond donors (Lipinski definition) is 1. The SMILES string of the molecule is CCCNCc1ccc(N(C)CC2CCCN2C)nc1. The summed E-state index contributed by atoms with van der Waals surface area (Å²) in [5.74, 6) is 1.07. The second-order valence-electron chi connectivity index (χ2n) is 5.86. The van der Waals surface area contributed by atoms with E-state index in [2.05, 4.69) is 53.3 Å². The van der Waals surface area contributed by atoms with Crippen molar-refractivity contribution in [1.82, 2.24) is 15.2 Å². The second-order valence-corrected chi connectivity index (χ2v) is 5.86. The lowest BCUT2D eigenvalue weighted by Crippen LogP contribution is -2.36. The predicted octanol–water partition coefficient (Wildman–Crippen LogP) is 2.11. The van der Waals surface area contributed by atoms with Crippen LogP contribution in [0.4, 0.5) is 5.82 Å². The summed E-state index contributed by atoms with van der Waals surface area (Å²) in [5.41, 5.74) is 1.26. The molecule has 0 saturated carbocycles. The molecule has 1 N–H and O–H groups in total. The van der Waals surface area contributed by atoms with Gasteiger partial charge in [-0.25, -0.2) is 4.98 Å². The average Bonchev–Trinajstić information content (AvgIpc) is 2.85. The largest absolute Gasteiger partial charge is 0.358 e. The van der Waals surface area contributed by atoms with Crippen LogP contribution in [0.2, 0.25) is 0 Å². The van der Waals surface area contributed by atoms with Crippen LogP contribution in [0.1, 0.15) is 31.7 Å². The molecule has 2 rings (SSSR count). The highest BCUT2D eigenvalue weighted by molar-refractivity contribution is 5.38. The molecule has 112 valence electrons. The summed E-state index contributed by atoms with van der Waals surface area (Å²) in [6, 6.07) is 4.99. The maximum atomic E-state index is 4.59. The van der Waals surface area contributed by atoms with Crippen molar-refractivity contribution in [2.75, 3.05) is 38.6 Å². The molecule has 1 atom stereocenters. The van der Waals surface area contributed by atoms with Gasteiger partial charge in [-0.1, -0.05) is 13.0 Å². The molecule has 20 heavy (non-hydrogen) atoms. The van der Waals surface area contributed by atoms with Gasteiger partial charge < -0.3 is 15.1 Å². The van der Waals surface area contributed by atoms with Gasteiger partial charge in [0.15, 0.2) is 0 Å². The zero-order valence-electron chi connectivity index (χ0n) is 13.1. The van der Waals surface area contributed by atoms with E-state index in [-0.39, 0.29) is 0 Å². The number of rotatable bonds is 7. The van der Waals surface area contributed by atoms with Crippen LogP contribution < -0.4 is 10.2 Å². The molecule has 2 heterocycles. The molecule has 0 bridgehead atoms. The predicted molar refractivity (Wildman–Crippen MR) is 85.2 cm³/mol. The van der Waals surface area contributed by atoms with Crippen LogP contribution in [-0.2, 0) is 6.54 Å². The molecule has 0 spiro atoms. The molecule has 1 saturated heterocycles. The van der Waals surface area contributed by atoms with Crippen molar-refractivity contribution >= 4 is 5.82 Å². The van der Waals surface area contributed by atoms with E-state index in [0.29, 0.717) is 6.04 Å². The number of nitrogens with one attached hydrogen (secondary N) is 1. The van der Waals surface area contributed by atoms with E-state index in [9.17, 15) is 0 Å². The Morgan fingerprint density at radius 2 is 2.30 bits per heavy atom. The van der Waals surface area contributed by atoms with Gasteiger partial charge in [-0.15, -0.1) is 0 Å². The minimum absolute atomic E-state index is 0.674. The van der Waals surface area contributed by atoms with Crippen LogP contribution in [0.5, 0.6) is 0 Å². The topological polar surface area (TPSA) is 31.4 Å². The number of pyridine rings is 1. The van der Waals surface area contributed by atoms with Gasteiger partial charge in [0.1, 0.15) is 5.82 Å². The third kappa shape index (κ3) is 4.18. The molecule has 1 aromatic rings. The monoisotopic (exact) mass is 276 g/mol. The maximum absolute atomic E-state index is 4.59. The summed E-state index contributed by atoms with van der Waals surface area (Å²) in [4.78, 5) is 9.32.